The van der Waals surface area contributed by atoms with E-state index in [1.165, 1.54) is 43.2 Å². The lowest BCUT2D eigenvalue weighted by Gasteiger charge is -2.34. The fourth-order valence-electron chi connectivity index (χ4n) is 2.87. The summed E-state index contributed by atoms with van der Waals surface area (Å²) >= 11 is 0. The van der Waals surface area contributed by atoms with Gasteiger partial charge in [0.2, 0.25) is 0 Å². The number of hydrogen-bond donors (Lipinski definition) is 2. The maximum Gasteiger partial charge on any atom is 0.0349 e. The van der Waals surface area contributed by atoms with Gasteiger partial charge in [-0.2, -0.15) is 0 Å². The Morgan fingerprint density at radius 3 is 2.75 bits per heavy atom. The highest BCUT2D eigenvalue weighted by Crippen LogP contribution is 2.28. The van der Waals surface area contributed by atoms with Gasteiger partial charge < -0.3 is 11.1 Å². The summed E-state index contributed by atoms with van der Waals surface area (Å²) in [6.07, 6.45) is 7.72. The molecule has 1 saturated carbocycles. The molecule has 0 radical (unpaired) electrons. The molecular weight excluding hydrogens is 196 g/mol. The molecule has 0 aromatic heterocycles. The number of aryl methyl sites for hydroxylation is 1. The Kier molecular flexibility index (Phi) is 2.60. The van der Waals surface area contributed by atoms with Crippen LogP contribution < -0.4 is 11.1 Å². The molecule has 1 aromatic carbocycles. The summed E-state index contributed by atoms with van der Waals surface area (Å²) in [5, 5.41) is 3.77. The first-order valence-electron chi connectivity index (χ1n) is 6.45. The van der Waals surface area contributed by atoms with Crippen molar-refractivity contribution in [3.8, 4) is 0 Å². The number of hydrogen-bond acceptors (Lipinski definition) is 2. The molecule has 86 valence electrons. The van der Waals surface area contributed by atoms with Crippen LogP contribution in [0.4, 0.5) is 5.69 Å². The fraction of sp³-hybridized carbons (Fsp3) is 0.571. The van der Waals surface area contributed by atoms with Gasteiger partial charge in [-0.3, -0.25) is 0 Å². The van der Waals surface area contributed by atoms with Crippen LogP contribution in [0.1, 0.15) is 36.8 Å². The summed E-state index contributed by atoms with van der Waals surface area (Å²) < 4.78 is 0. The van der Waals surface area contributed by atoms with Gasteiger partial charge in [0.25, 0.3) is 0 Å². The first kappa shape index (κ1) is 10.2. The lowest BCUT2D eigenvalue weighted by atomic mass is 9.85. The topological polar surface area (TPSA) is 38.0 Å². The molecule has 0 aliphatic heterocycles. The van der Waals surface area contributed by atoms with Gasteiger partial charge >= 0.3 is 0 Å². The van der Waals surface area contributed by atoms with Gasteiger partial charge in [0.15, 0.2) is 0 Å². The van der Waals surface area contributed by atoms with E-state index in [2.05, 4.69) is 17.4 Å². The molecule has 1 aromatic rings. The molecule has 0 amide bonds. The van der Waals surface area contributed by atoms with Gasteiger partial charge in [-0.15, -0.1) is 0 Å². The molecule has 0 spiro atoms. The van der Waals surface area contributed by atoms with Crippen LogP contribution in [0.2, 0.25) is 0 Å². The second-order valence-corrected chi connectivity index (χ2v) is 5.22. The van der Waals surface area contributed by atoms with Gasteiger partial charge in [0.05, 0.1) is 0 Å². The quantitative estimate of drug-likeness (QED) is 0.744. The normalized spacial score (nSPS) is 24.9. The largest absolute Gasteiger partial charge is 0.398 e. The van der Waals surface area contributed by atoms with Crippen molar-refractivity contribution in [3.05, 3.63) is 29.3 Å². The average Bonchev–Trinajstić information content (AvgIpc) is 2.24. The number of rotatable bonds is 2. The van der Waals surface area contributed by atoms with Crippen molar-refractivity contribution in [2.75, 3.05) is 5.73 Å². The second kappa shape index (κ2) is 4.10. The molecule has 0 saturated heterocycles. The molecule has 2 aliphatic rings. The van der Waals surface area contributed by atoms with E-state index in [0.717, 1.165) is 18.2 Å². The smallest absolute Gasteiger partial charge is 0.0349 e. The maximum atomic E-state index is 6.05. The molecule has 2 aliphatic carbocycles. The molecule has 3 rings (SSSR count). The van der Waals surface area contributed by atoms with Gasteiger partial charge in [0.1, 0.15) is 0 Å². The highest BCUT2D eigenvalue weighted by molar-refractivity contribution is 5.52. The van der Waals surface area contributed by atoms with Gasteiger partial charge in [0, 0.05) is 17.8 Å². The number of anilines is 1. The number of fused-ring (bicyclic) bond motifs is 1. The third-order valence-electron chi connectivity index (χ3n) is 4.10. The number of nitrogen functional groups attached to an aromatic ring is 1. The lowest BCUT2D eigenvalue weighted by Crippen LogP contribution is -2.44. The van der Waals surface area contributed by atoms with E-state index in [-0.39, 0.29) is 0 Å². The Morgan fingerprint density at radius 2 is 2.00 bits per heavy atom. The molecule has 16 heavy (non-hydrogen) atoms. The van der Waals surface area contributed by atoms with E-state index in [4.69, 9.17) is 5.73 Å². The number of nitrogens with two attached hydrogens (primary N) is 1. The highest BCUT2D eigenvalue weighted by Gasteiger charge is 2.25. The molecule has 3 N–H and O–H groups in total. The van der Waals surface area contributed by atoms with Crippen LogP contribution in [0.5, 0.6) is 0 Å². The van der Waals surface area contributed by atoms with E-state index in [9.17, 15) is 0 Å². The van der Waals surface area contributed by atoms with Crippen molar-refractivity contribution in [1.29, 1.82) is 0 Å². The first-order valence-corrected chi connectivity index (χ1v) is 6.45. The van der Waals surface area contributed by atoms with E-state index in [1.807, 2.05) is 6.07 Å². The van der Waals surface area contributed by atoms with Crippen molar-refractivity contribution in [3.63, 3.8) is 0 Å². The molecule has 1 atom stereocenters. The van der Waals surface area contributed by atoms with Crippen LogP contribution in [0, 0.1) is 0 Å². The third-order valence-corrected chi connectivity index (χ3v) is 4.10. The van der Waals surface area contributed by atoms with Crippen molar-refractivity contribution in [1.82, 2.24) is 5.32 Å². The summed E-state index contributed by atoms with van der Waals surface area (Å²) in [6.45, 7) is 0. The maximum absolute atomic E-state index is 6.05. The summed E-state index contributed by atoms with van der Waals surface area (Å²) in [5.41, 5.74) is 9.90. The predicted octanol–water partition coefficient (Wildman–Crippen LogP) is 2.27. The van der Waals surface area contributed by atoms with E-state index in [1.54, 1.807) is 0 Å². The van der Waals surface area contributed by atoms with E-state index < -0.39 is 0 Å². The molecule has 2 nitrogen and oxygen atoms in total. The van der Waals surface area contributed by atoms with Gasteiger partial charge in [-0.05, 0) is 49.3 Å². The van der Waals surface area contributed by atoms with Crippen molar-refractivity contribution in [2.45, 2.75) is 50.6 Å². The molecule has 0 heterocycles. The van der Waals surface area contributed by atoms with Crippen LogP contribution in [0.25, 0.3) is 0 Å². The minimum Gasteiger partial charge on any atom is -0.398 e. The Morgan fingerprint density at radius 1 is 1.12 bits per heavy atom. The Labute approximate surface area is 97.2 Å². The Bertz CT molecular complexity index is 382. The minimum atomic E-state index is 0.655. The predicted molar refractivity (Wildman–Crippen MR) is 67.4 cm³/mol. The molecular formula is C14H20N2. The molecule has 1 fully saturated rings. The zero-order valence-corrected chi connectivity index (χ0v) is 9.71. The molecule has 1 unspecified atom stereocenters. The summed E-state index contributed by atoms with van der Waals surface area (Å²) in [7, 11) is 0. The van der Waals surface area contributed by atoms with Crippen molar-refractivity contribution in [2.24, 2.45) is 0 Å². The van der Waals surface area contributed by atoms with Crippen LogP contribution in [-0.2, 0) is 12.8 Å². The first-order chi connectivity index (χ1) is 7.83. The molecule has 2 heteroatoms. The zero-order chi connectivity index (χ0) is 11.0. The lowest BCUT2D eigenvalue weighted by molar-refractivity contribution is 0.290. The van der Waals surface area contributed by atoms with Gasteiger partial charge in [-0.25, -0.2) is 0 Å². The second-order valence-electron chi connectivity index (χ2n) is 5.22. The van der Waals surface area contributed by atoms with Crippen LogP contribution in [-0.4, -0.2) is 12.1 Å². The fourth-order valence-corrected chi connectivity index (χ4v) is 2.87. The van der Waals surface area contributed by atoms with Crippen LogP contribution in [0.3, 0.4) is 0 Å². The van der Waals surface area contributed by atoms with E-state index >= 15 is 0 Å². The molecule has 0 bridgehead atoms. The zero-order valence-electron chi connectivity index (χ0n) is 9.71. The standard InChI is InChI=1S/C14H20N2/c15-14-6-1-3-10-7-8-12(9-13(10)14)16-11-4-2-5-11/h1,3,6,11-12,16H,2,4-5,7-9,15H2. The number of nitrogens with one attached hydrogen (secondary N) is 1. The summed E-state index contributed by atoms with van der Waals surface area (Å²) in [5.74, 6) is 0. The van der Waals surface area contributed by atoms with Crippen molar-refractivity contribution < 1.29 is 0 Å². The average molecular weight is 216 g/mol. The summed E-state index contributed by atoms with van der Waals surface area (Å²) in [6, 6.07) is 7.78. The van der Waals surface area contributed by atoms with Crippen LogP contribution >= 0.6 is 0 Å². The van der Waals surface area contributed by atoms with E-state index in [0.29, 0.717) is 6.04 Å². The van der Waals surface area contributed by atoms with Crippen molar-refractivity contribution >= 4 is 5.69 Å². The monoisotopic (exact) mass is 216 g/mol. The Balaban J connectivity index is 1.72. The van der Waals surface area contributed by atoms with Crippen LogP contribution in [0.15, 0.2) is 18.2 Å². The van der Waals surface area contributed by atoms with Gasteiger partial charge in [-0.1, -0.05) is 18.6 Å². The minimum absolute atomic E-state index is 0.655. The Hall–Kier alpha value is -1.02. The highest BCUT2D eigenvalue weighted by atomic mass is 15.0. The third kappa shape index (κ3) is 1.82. The SMILES string of the molecule is Nc1cccc2c1CC(NC1CCC1)CC2. The summed E-state index contributed by atoms with van der Waals surface area (Å²) in [4.78, 5) is 0. The number of benzene rings is 1.